The number of rotatable bonds is 2. The van der Waals surface area contributed by atoms with Gasteiger partial charge in [0.2, 0.25) is 0 Å². The van der Waals surface area contributed by atoms with Crippen LogP contribution in [-0.4, -0.2) is 26.3 Å². The number of fused-ring (bicyclic) bond motifs is 1. The van der Waals surface area contributed by atoms with Gasteiger partial charge in [-0.15, -0.1) is 0 Å². The van der Waals surface area contributed by atoms with Crippen molar-refractivity contribution in [2.24, 2.45) is 0 Å². The molecule has 0 atom stereocenters. The van der Waals surface area contributed by atoms with Crippen LogP contribution in [-0.2, 0) is 9.59 Å². The average molecular weight is 357 g/mol. The lowest BCUT2D eigenvalue weighted by molar-refractivity contribution is -0.123. The maximum Gasteiger partial charge on any atom is 0.265 e. The van der Waals surface area contributed by atoms with Crippen LogP contribution in [0.3, 0.4) is 0 Å². The van der Waals surface area contributed by atoms with Gasteiger partial charge in [0.15, 0.2) is 0 Å². The fraction of sp³-hybridized carbons (Fsp3) is 0. The number of aromatic amines is 1. The number of H-pyrrole nitrogens is 1. The van der Waals surface area contributed by atoms with E-state index in [1.54, 1.807) is 23.3 Å². The Kier molecular flexibility index (Phi) is 2.77. The summed E-state index contributed by atoms with van der Waals surface area (Å²) < 4.78 is 2.02. The van der Waals surface area contributed by atoms with Crippen LogP contribution in [0.2, 0.25) is 0 Å². The molecule has 3 aromatic rings. The highest BCUT2D eigenvalue weighted by atomic mass is 79.9. The highest BCUT2D eigenvalue weighted by Gasteiger charge is 2.33. The number of halogens is 1. The van der Waals surface area contributed by atoms with Crippen molar-refractivity contribution in [1.82, 2.24) is 19.9 Å². The van der Waals surface area contributed by atoms with Crippen molar-refractivity contribution in [3.05, 3.63) is 53.0 Å². The van der Waals surface area contributed by atoms with Gasteiger partial charge in [-0.05, 0) is 22.0 Å². The fourth-order valence-electron chi connectivity index (χ4n) is 2.62. The van der Waals surface area contributed by atoms with Gasteiger partial charge in [0, 0.05) is 28.9 Å². The first-order chi connectivity index (χ1) is 10.7. The lowest BCUT2D eigenvalue weighted by Gasteiger charge is -2.05. The number of aromatic nitrogens is 3. The molecule has 0 radical (unpaired) electrons. The van der Waals surface area contributed by atoms with Crippen molar-refractivity contribution in [3.8, 4) is 5.82 Å². The number of nitrogens with zero attached hydrogens (tertiary/aromatic N) is 2. The van der Waals surface area contributed by atoms with E-state index in [1.807, 2.05) is 24.3 Å². The van der Waals surface area contributed by atoms with E-state index in [0.717, 1.165) is 10.9 Å². The Morgan fingerprint density at radius 2 is 1.95 bits per heavy atom. The number of hydrogen-bond donors (Lipinski definition) is 2. The van der Waals surface area contributed by atoms with E-state index < -0.39 is 11.8 Å². The summed E-state index contributed by atoms with van der Waals surface area (Å²) in [6, 6.07) is 7.62. The van der Waals surface area contributed by atoms with Crippen LogP contribution in [0.15, 0.2) is 47.5 Å². The van der Waals surface area contributed by atoms with E-state index in [0.29, 0.717) is 17.0 Å². The van der Waals surface area contributed by atoms with Crippen molar-refractivity contribution in [1.29, 1.82) is 0 Å². The van der Waals surface area contributed by atoms with Crippen LogP contribution in [0.5, 0.6) is 0 Å². The molecule has 0 aliphatic carbocycles. The van der Waals surface area contributed by atoms with Gasteiger partial charge in [-0.3, -0.25) is 19.5 Å². The maximum atomic E-state index is 12.2. The minimum absolute atomic E-state index is 0.239. The molecule has 2 aromatic heterocycles. The molecule has 0 unspecified atom stereocenters. The summed E-state index contributed by atoms with van der Waals surface area (Å²) in [6.07, 6.45) is 5.06. The molecule has 1 aliphatic heterocycles. The van der Waals surface area contributed by atoms with Crippen molar-refractivity contribution in [2.75, 3.05) is 0 Å². The summed E-state index contributed by atoms with van der Waals surface area (Å²) in [7, 11) is 0. The van der Waals surface area contributed by atoms with E-state index in [2.05, 4.69) is 31.2 Å². The molecule has 0 fully saturated rings. The number of hydrogen-bond acceptors (Lipinski definition) is 3. The Labute approximate surface area is 133 Å². The molecule has 2 N–H and O–H groups in total. The Morgan fingerprint density at radius 1 is 1.14 bits per heavy atom. The predicted molar refractivity (Wildman–Crippen MR) is 84.4 cm³/mol. The highest BCUT2D eigenvalue weighted by Crippen LogP contribution is 2.36. The van der Waals surface area contributed by atoms with Crippen LogP contribution in [0.4, 0.5) is 0 Å². The van der Waals surface area contributed by atoms with Crippen molar-refractivity contribution >= 4 is 44.2 Å². The Hall–Kier alpha value is -2.67. The molecule has 3 heterocycles. The molecular formula is C15H9BrN4O2. The minimum atomic E-state index is -0.429. The van der Waals surface area contributed by atoms with Gasteiger partial charge in [0.25, 0.3) is 11.8 Å². The fourth-order valence-corrected chi connectivity index (χ4v) is 3.10. The van der Waals surface area contributed by atoms with Crippen LogP contribution in [0.1, 0.15) is 5.56 Å². The second-order valence-corrected chi connectivity index (χ2v) is 5.63. The summed E-state index contributed by atoms with van der Waals surface area (Å²) in [6.45, 7) is 0. The number of nitrogens with one attached hydrogen (secondary N) is 2. The lowest BCUT2D eigenvalue weighted by atomic mass is 10.0. The molecular weight excluding hydrogens is 348 g/mol. The summed E-state index contributed by atoms with van der Waals surface area (Å²) in [5.74, 6) is -0.152. The molecule has 6 nitrogen and oxygen atoms in total. The first-order valence-corrected chi connectivity index (χ1v) is 7.31. The van der Waals surface area contributed by atoms with Crippen LogP contribution in [0.25, 0.3) is 22.3 Å². The second kappa shape index (κ2) is 4.67. The van der Waals surface area contributed by atoms with Gasteiger partial charge < -0.3 is 4.98 Å². The smallest absolute Gasteiger partial charge is 0.265 e. The zero-order valence-corrected chi connectivity index (χ0v) is 12.7. The quantitative estimate of drug-likeness (QED) is 0.690. The molecule has 1 aliphatic rings. The van der Waals surface area contributed by atoms with Crippen LogP contribution >= 0.6 is 15.9 Å². The van der Waals surface area contributed by atoms with Gasteiger partial charge in [-0.2, -0.15) is 0 Å². The topological polar surface area (TPSA) is 79.8 Å². The van der Waals surface area contributed by atoms with Gasteiger partial charge in [-0.1, -0.05) is 18.2 Å². The molecule has 0 saturated carbocycles. The molecule has 22 heavy (non-hydrogen) atoms. The Balaban J connectivity index is 2.10. The predicted octanol–water partition coefficient (Wildman–Crippen LogP) is 2.12. The third-order valence-electron chi connectivity index (χ3n) is 3.57. The third kappa shape index (κ3) is 1.75. The van der Waals surface area contributed by atoms with E-state index in [1.165, 1.54) is 0 Å². The standard InChI is InChI=1S/C15H9BrN4O2/c16-12-11(14(21)19-15(12)22)10-8-3-1-2-4-9(8)18-13(10)20-6-5-17-7-20/h1-7,18H,(H,19,21,22). The van der Waals surface area contributed by atoms with Gasteiger partial charge in [0.1, 0.15) is 12.1 Å². The summed E-state index contributed by atoms with van der Waals surface area (Å²) in [5, 5.41) is 3.17. The number of carbonyl (C=O) groups is 2. The number of benzene rings is 1. The monoisotopic (exact) mass is 356 g/mol. The molecule has 2 amide bonds. The van der Waals surface area contributed by atoms with Gasteiger partial charge in [-0.25, -0.2) is 4.98 Å². The van der Waals surface area contributed by atoms with E-state index in [-0.39, 0.29) is 4.48 Å². The summed E-state index contributed by atoms with van der Waals surface area (Å²) in [4.78, 5) is 31.3. The maximum absolute atomic E-state index is 12.2. The van der Waals surface area contributed by atoms with Gasteiger partial charge in [0.05, 0.1) is 10.1 Å². The Morgan fingerprint density at radius 3 is 2.64 bits per heavy atom. The van der Waals surface area contributed by atoms with Crippen molar-refractivity contribution < 1.29 is 9.59 Å². The van der Waals surface area contributed by atoms with Crippen LogP contribution < -0.4 is 5.32 Å². The number of imidazole rings is 1. The minimum Gasteiger partial charge on any atom is -0.340 e. The zero-order chi connectivity index (χ0) is 15.3. The summed E-state index contributed by atoms with van der Waals surface area (Å²) >= 11 is 3.22. The largest absolute Gasteiger partial charge is 0.340 e. The lowest BCUT2D eigenvalue weighted by Crippen LogP contribution is -2.22. The molecule has 7 heteroatoms. The number of para-hydroxylation sites is 1. The molecule has 0 saturated heterocycles. The SMILES string of the molecule is O=C1NC(=O)C(c2c(-n3ccnc3)[nH]c3ccccc23)=C1Br. The second-order valence-electron chi connectivity index (χ2n) is 4.84. The van der Waals surface area contributed by atoms with E-state index in [4.69, 9.17) is 0 Å². The molecule has 108 valence electrons. The third-order valence-corrected chi connectivity index (χ3v) is 4.33. The molecule has 4 rings (SSSR count). The van der Waals surface area contributed by atoms with Crippen molar-refractivity contribution in [3.63, 3.8) is 0 Å². The molecule has 0 bridgehead atoms. The first-order valence-electron chi connectivity index (χ1n) is 6.51. The normalized spacial score (nSPS) is 15.0. The Bertz CT molecular complexity index is 953. The molecule has 1 aromatic carbocycles. The number of imide groups is 1. The number of carbonyl (C=O) groups excluding carboxylic acids is 2. The zero-order valence-electron chi connectivity index (χ0n) is 11.1. The summed E-state index contributed by atoms with van der Waals surface area (Å²) in [5.41, 5.74) is 1.87. The van der Waals surface area contributed by atoms with E-state index >= 15 is 0 Å². The van der Waals surface area contributed by atoms with Crippen molar-refractivity contribution in [2.45, 2.75) is 0 Å². The van der Waals surface area contributed by atoms with Crippen LogP contribution in [0, 0.1) is 0 Å². The highest BCUT2D eigenvalue weighted by molar-refractivity contribution is 9.12. The van der Waals surface area contributed by atoms with Gasteiger partial charge >= 0.3 is 0 Å². The molecule has 0 spiro atoms. The van der Waals surface area contributed by atoms with E-state index in [9.17, 15) is 9.59 Å². The number of amides is 2. The first kappa shape index (κ1) is 13.0. The average Bonchev–Trinajstić information content (AvgIpc) is 3.19.